The zero-order valence-electron chi connectivity index (χ0n) is 7.94. The molecule has 0 N–H and O–H groups in total. The lowest BCUT2D eigenvalue weighted by molar-refractivity contribution is -0.115. The molecule has 0 spiro atoms. The van der Waals surface area contributed by atoms with Gasteiger partial charge >= 0.3 is 0 Å². The minimum atomic E-state index is 0.202. The lowest BCUT2D eigenvalue weighted by Gasteiger charge is -1.98. The Morgan fingerprint density at radius 1 is 1.33 bits per heavy atom. The standard InChI is InChI=1S/C11H18O/c1-4-5-6-7-8-9-11(12)10(2)3/h4H,1-2,5-9H2,3H3. The highest BCUT2D eigenvalue weighted by Crippen LogP contribution is 2.06. The number of unbranched alkanes of at least 4 members (excludes halogenated alkanes) is 3. The van der Waals surface area contributed by atoms with Crippen molar-refractivity contribution >= 4 is 5.78 Å². The van der Waals surface area contributed by atoms with Crippen LogP contribution >= 0.6 is 0 Å². The van der Waals surface area contributed by atoms with Gasteiger partial charge in [0.05, 0.1) is 0 Å². The number of carbonyl (C=O) groups excluding carboxylic acids is 1. The van der Waals surface area contributed by atoms with Gasteiger partial charge in [-0.1, -0.05) is 19.1 Å². The van der Waals surface area contributed by atoms with Crippen LogP contribution in [0.15, 0.2) is 24.8 Å². The summed E-state index contributed by atoms with van der Waals surface area (Å²) in [5, 5.41) is 0. The first-order chi connectivity index (χ1) is 5.68. The van der Waals surface area contributed by atoms with Crippen LogP contribution in [0.2, 0.25) is 0 Å². The monoisotopic (exact) mass is 166 g/mol. The van der Waals surface area contributed by atoms with E-state index in [0.717, 1.165) is 25.7 Å². The first kappa shape index (κ1) is 11.2. The number of Topliss-reactive ketones (excluding diaryl/α,β-unsaturated/α-hetero) is 1. The van der Waals surface area contributed by atoms with Gasteiger partial charge in [0, 0.05) is 6.42 Å². The van der Waals surface area contributed by atoms with Crippen molar-refractivity contribution in [3.63, 3.8) is 0 Å². The van der Waals surface area contributed by atoms with E-state index in [1.165, 1.54) is 0 Å². The Hall–Kier alpha value is -0.850. The maximum Gasteiger partial charge on any atom is 0.157 e. The molecule has 0 saturated heterocycles. The van der Waals surface area contributed by atoms with Gasteiger partial charge in [0.25, 0.3) is 0 Å². The molecule has 0 aromatic carbocycles. The molecule has 0 radical (unpaired) electrons. The maximum atomic E-state index is 11.1. The Kier molecular flexibility index (Phi) is 6.35. The molecule has 68 valence electrons. The fraction of sp³-hybridized carbons (Fsp3) is 0.545. The second-order valence-electron chi connectivity index (χ2n) is 3.09. The molecule has 0 heterocycles. The van der Waals surface area contributed by atoms with Crippen LogP contribution in [0.1, 0.15) is 39.0 Å². The molecule has 0 aromatic heterocycles. The summed E-state index contributed by atoms with van der Waals surface area (Å²) in [6.07, 6.45) is 6.88. The Morgan fingerprint density at radius 2 is 2.00 bits per heavy atom. The van der Waals surface area contributed by atoms with E-state index in [-0.39, 0.29) is 5.78 Å². The quantitative estimate of drug-likeness (QED) is 0.322. The SMILES string of the molecule is C=CCCCCCC(=O)C(=C)C. The van der Waals surface area contributed by atoms with Crippen molar-refractivity contribution in [1.29, 1.82) is 0 Å². The average Bonchev–Trinajstić information content (AvgIpc) is 2.03. The van der Waals surface area contributed by atoms with E-state index in [1.54, 1.807) is 6.92 Å². The molecule has 0 bridgehead atoms. The van der Waals surface area contributed by atoms with Crippen LogP contribution in [0.5, 0.6) is 0 Å². The second-order valence-corrected chi connectivity index (χ2v) is 3.09. The van der Waals surface area contributed by atoms with Crippen molar-refractivity contribution < 1.29 is 4.79 Å². The fourth-order valence-electron chi connectivity index (χ4n) is 0.964. The lowest BCUT2D eigenvalue weighted by Crippen LogP contribution is -1.97. The Balaban J connectivity index is 3.25. The topological polar surface area (TPSA) is 17.1 Å². The summed E-state index contributed by atoms with van der Waals surface area (Å²) in [4.78, 5) is 11.1. The van der Waals surface area contributed by atoms with Gasteiger partial charge < -0.3 is 0 Å². The Labute approximate surface area is 75.2 Å². The third-order valence-corrected chi connectivity index (χ3v) is 1.79. The third-order valence-electron chi connectivity index (χ3n) is 1.79. The van der Waals surface area contributed by atoms with Gasteiger partial charge in [-0.25, -0.2) is 0 Å². The molecule has 0 rings (SSSR count). The first-order valence-corrected chi connectivity index (χ1v) is 4.48. The molecule has 0 aliphatic rings. The molecular formula is C11H18O. The summed E-state index contributed by atoms with van der Waals surface area (Å²) < 4.78 is 0. The highest BCUT2D eigenvalue weighted by molar-refractivity contribution is 5.93. The molecule has 0 aliphatic heterocycles. The molecule has 0 aliphatic carbocycles. The molecule has 1 heteroatoms. The number of hydrogen-bond acceptors (Lipinski definition) is 1. The summed E-state index contributed by atoms with van der Waals surface area (Å²) >= 11 is 0. The Bertz CT molecular complexity index is 168. The Morgan fingerprint density at radius 3 is 2.50 bits per heavy atom. The van der Waals surface area contributed by atoms with E-state index in [4.69, 9.17) is 0 Å². The van der Waals surface area contributed by atoms with Gasteiger partial charge in [0.2, 0.25) is 0 Å². The molecule has 0 aromatic rings. The van der Waals surface area contributed by atoms with Crippen LogP contribution in [0.4, 0.5) is 0 Å². The summed E-state index contributed by atoms with van der Waals surface area (Å²) in [5.41, 5.74) is 0.679. The zero-order valence-corrected chi connectivity index (χ0v) is 7.94. The largest absolute Gasteiger partial charge is 0.295 e. The number of hydrogen-bond donors (Lipinski definition) is 0. The van der Waals surface area contributed by atoms with Crippen LogP contribution in [-0.2, 0) is 4.79 Å². The number of rotatable bonds is 7. The van der Waals surface area contributed by atoms with Gasteiger partial charge in [0.15, 0.2) is 5.78 Å². The molecular weight excluding hydrogens is 148 g/mol. The predicted octanol–water partition coefficient (Wildman–Crippen LogP) is 3.27. The molecule has 0 amide bonds. The minimum Gasteiger partial charge on any atom is -0.295 e. The van der Waals surface area contributed by atoms with Crippen LogP contribution in [0.25, 0.3) is 0 Å². The first-order valence-electron chi connectivity index (χ1n) is 4.48. The minimum absolute atomic E-state index is 0.202. The van der Waals surface area contributed by atoms with E-state index in [9.17, 15) is 4.79 Å². The second kappa shape index (κ2) is 6.84. The molecule has 0 saturated carbocycles. The highest BCUT2D eigenvalue weighted by Gasteiger charge is 2.00. The summed E-state index contributed by atoms with van der Waals surface area (Å²) in [5.74, 6) is 0.202. The third kappa shape index (κ3) is 5.90. The van der Waals surface area contributed by atoms with Crippen LogP contribution in [-0.4, -0.2) is 5.78 Å². The predicted molar refractivity (Wildman–Crippen MR) is 53.1 cm³/mol. The van der Waals surface area contributed by atoms with Gasteiger partial charge in [0.1, 0.15) is 0 Å². The van der Waals surface area contributed by atoms with Crippen molar-refractivity contribution in [3.8, 4) is 0 Å². The summed E-state index contributed by atoms with van der Waals surface area (Å²) in [6, 6.07) is 0. The van der Waals surface area contributed by atoms with Gasteiger partial charge in [-0.2, -0.15) is 0 Å². The fourth-order valence-corrected chi connectivity index (χ4v) is 0.964. The number of allylic oxidation sites excluding steroid dienone is 2. The van der Waals surface area contributed by atoms with E-state index in [2.05, 4.69) is 13.2 Å². The van der Waals surface area contributed by atoms with Crippen LogP contribution < -0.4 is 0 Å². The smallest absolute Gasteiger partial charge is 0.157 e. The van der Waals surface area contributed by atoms with E-state index < -0.39 is 0 Å². The molecule has 12 heavy (non-hydrogen) atoms. The molecule has 1 nitrogen and oxygen atoms in total. The lowest BCUT2D eigenvalue weighted by atomic mass is 10.1. The van der Waals surface area contributed by atoms with E-state index in [1.807, 2.05) is 6.08 Å². The maximum absolute atomic E-state index is 11.1. The number of carbonyl (C=O) groups is 1. The van der Waals surface area contributed by atoms with Gasteiger partial charge in [-0.15, -0.1) is 6.58 Å². The zero-order chi connectivity index (χ0) is 9.40. The average molecular weight is 166 g/mol. The van der Waals surface area contributed by atoms with Crippen molar-refractivity contribution in [3.05, 3.63) is 24.8 Å². The van der Waals surface area contributed by atoms with E-state index in [0.29, 0.717) is 12.0 Å². The van der Waals surface area contributed by atoms with Gasteiger partial charge in [-0.3, -0.25) is 4.79 Å². The summed E-state index contributed by atoms with van der Waals surface area (Å²) in [7, 11) is 0. The van der Waals surface area contributed by atoms with Crippen molar-refractivity contribution in [2.75, 3.05) is 0 Å². The van der Waals surface area contributed by atoms with E-state index >= 15 is 0 Å². The van der Waals surface area contributed by atoms with Gasteiger partial charge in [-0.05, 0) is 31.8 Å². The summed E-state index contributed by atoms with van der Waals surface area (Å²) in [6.45, 7) is 9.01. The number of ketones is 1. The molecule has 0 unspecified atom stereocenters. The van der Waals surface area contributed by atoms with Crippen molar-refractivity contribution in [1.82, 2.24) is 0 Å². The van der Waals surface area contributed by atoms with Crippen LogP contribution in [0.3, 0.4) is 0 Å². The molecule has 0 fully saturated rings. The van der Waals surface area contributed by atoms with Crippen molar-refractivity contribution in [2.24, 2.45) is 0 Å². The molecule has 0 atom stereocenters. The van der Waals surface area contributed by atoms with Crippen LogP contribution in [0, 0.1) is 0 Å². The normalized spacial score (nSPS) is 9.42. The highest BCUT2D eigenvalue weighted by atomic mass is 16.1. The van der Waals surface area contributed by atoms with Crippen molar-refractivity contribution in [2.45, 2.75) is 39.0 Å².